The van der Waals surface area contributed by atoms with E-state index in [1.807, 2.05) is 6.92 Å². The van der Waals surface area contributed by atoms with Gasteiger partial charge in [0.25, 0.3) is 0 Å². The Hall–Kier alpha value is -0.400. The second-order valence-electron chi connectivity index (χ2n) is 10.3. The predicted molar refractivity (Wildman–Crippen MR) is 154 cm³/mol. The molecule has 0 fully saturated rings. The normalized spacial score (nSPS) is 15.9. The van der Waals surface area contributed by atoms with Gasteiger partial charge in [0, 0.05) is 29.8 Å². The van der Waals surface area contributed by atoms with E-state index in [4.69, 9.17) is 14.6 Å². The summed E-state index contributed by atoms with van der Waals surface area (Å²) in [6, 6.07) is 0. The van der Waals surface area contributed by atoms with Gasteiger partial charge in [-0.3, -0.25) is 4.21 Å². The zero-order chi connectivity index (χ0) is 27.8. The molecule has 5 unspecified atom stereocenters. The number of unbranched alkanes of at least 4 members (excludes halogenated alkanes) is 13. The molecular formula is C28H56O7PS+. The molecule has 37 heavy (non-hydrogen) atoms. The summed E-state index contributed by atoms with van der Waals surface area (Å²) in [5.41, 5.74) is 0. The third-order valence-corrected chi connectivity index (χ3v) is 9.48. The highest BCUT2D eigenvalue weighted by Gasteiger charge is 2.46. The number of carboxylic acid groups (broad SMARTS) is 1. The highest BCUT2D eigenvalue weighted by Crippen LogP contribution is 2.21. The second-order valence-corrected chi connectivity index (χ2v) is 13.1. The largest absolute Gasteiger partial charge is 0.476 e. The summed E-state index contributed by atoms with van der Waals surface area (Å²) >= 11 is 0. The lowest BCUT2D eigenvalue weighted by molar-refractivity contribution is -0.154. The molecule has 0 rings (SSSR count). The van der Waals surface area contributed by atoms with Crippen LogP contribution in [0, 0.1) is 0 Å². The average molecular weight is 568 g/mol. The summed E-state index contributed by atoms with van der Waals surface area (Å²) in [6.07, 6.45) is 19.8. The van der Waals surface area contributed by atoms with Crippen molar-refractivity contribution in [3.05, 3.63) is 0 Å². The fourth-order valence-corrected chi connectivity index (χ4v) is 6.28. The standard InChI is InChI=1S/C28H55O7PS/c1-4-6-8-10-12-13-14-16-18-23-37(33)26(20-17-15-11-9-7-5-2)25(3)35-22-19-21-34-24-28(31,36-32)27(29)30/h25-26,31H,4-24H2,1-3H3,(H,29,30)/p+1. The quantitative estimate of drug-likeness (QED) is 0.0774. The number of aliphatic carboxylic acids is 1. The monoisotopic (exact) mass is 567 g/mol. The second kappa shape index (κ2) is 24.6. The number of rotatable bonds is 28. The lowest BCUT2D eigenvalue weighted by Gasteiger charge is -2.24. The van der Waals surface area contributed by atoms with Crippen LogP contribution in [-0.4, -0.2) is 62.7 Å². The molecule has 0 aliphatic rings. The van der Waals surface area contributed by atoms with Gasteiger partial charge in [-0.25, -0.2) is 4.79 Å². The van der Waals surface area contributed by atoms with Crippen LogP contribution in [0.3, 0.4) is 0 Å². The van der Waals surface area contributed by atoms with Crippen LogP contribution in [0.1, 0.15) is 130 Å². The average Bonchev–Trinajstić information content (AvgIpc) is 2.88. The Morgan fingerprint density at radius 1 is 0.838 bits per heavy atom. The van der Waals surface area contributed by atoms with Gasteiger partial charge in [-0.2, -0.15) is 0 Å². The highest BCUT2D eigenvalue weighted by molar-refractivity contribution is 7.85. The van der Waals surface area contributed by atoms with E-state index in [2.05, 4.69) is 13.8 Å². The van der Waals surface area contributed by atoms with E-state index in [9.17, 15) is 18.7 Å². The van der Waals surface area contributed by atoms with Crippen LogP contribution in [0.15, 0.2) is 0 Å². The molecule has 0 aliphatic heterocycles. The van der Waals surface area contributed by atoms with Gasteiger partial charge in [-0.1, -0.05) is 108 Å². The maximum absolute atomic E-state index is 13.2. The fourth-order valence-electron chi connectivity index (χ4n) is 4.30. The molecule has 220 valence electrons. The Bertz CT molecular complexity index is 593. The minimum absolute atomic E-state index is 0.0138. The molecular weight excluding hydrogens is 511 g/mol. The van der Waals surface area contributed by atoms with Crippen molar-refractivity contribution in [1.82, 2.24) is 0 Å². The Labute approximate surface area is 230 Å². The number of ether oxygens (including phenoxy) is 2. The zero-order valence-electron chi connectivity index (χ0n) is 23.8. The molecule has 0 saturated carbocycles. The van der Waals surface area contributed by atoms with Crippen molar-refractivity contribution >= 4 is 25.2 Å². The molecule has 0 radical (unpaired) electrons. The molecule has 7 nitrogen and oxygen atoms in total. The first-order valence-corrected chi connectivity index (χ1v) is 17.0. The Kier molecular flexibility index (Phi) is 24.4. The van der Waals surface area contributed by atoms with E-state index in [0.29, 0.717) is 13.0 Å². The molecule has 0 spiro atoms. The van der Waals surface area contributed by atoms with Crippen LogP contribution in [0.25, 0.3) is 0 Å². The number of carboxylic acids is 1. The zero-order valence-corrected chi connectivity index (χ0v) is 25.7. The van der Waals surface area contributed by atoms with Gasteiger partial charge < -0.3 is 19.7 Å². The van der Waals surface area contributed by atoms with Crippen molar-refractivity contribution in [2.75, 3.05) is 25.6 Å². The molecule has 2 N–H and O–H groups in total. The van der Waals surface area contributed by atoms with E-state index in [1.54, 1.807) is 0 Å². The third kappa shape index (κ3) is 19.3. The number of hydrogen-bond donors (Lipinski definition) is 2. The Balaban J connectivity index is 4.40. The van der Waals surface area contributed by atoms with Crippen LogP contribution in [0.2, 0.25) is 0 Å². The van der Waals surface area contributed by atoms with Crippen molar-refractivity contribution < 1.29 is 33.3 Å². The lowest BCUT2D eigenvalue weighted by Crippen LogP contribution is -2.37. The van der Waals surface area contributed by atoms with Crippen LogP contribution < -0.4 is 0 Å². The fraction of sp³-hybridized carbons (Fsp3) is 0.964. The van der Waals surface area contributed by atoms with Gasteiger partial charge in [-0.05, 0) is 26.2 Å². The molecule has 0 aromatic rings. The smallest absolute Gasteiger partial charge is 0.390 e. The number of aliphatic hydroxyl groups is 1. The summed E-state index contributed by atoms with van der Waals surface area (Å²) in [4.78, 5) is 11.0. The first kappa shape index (κ1) is 36.6. The molecule has 0 aromatic carbocycles. The van der Waals surface area contributed by atoms with Crippen molar-refractivity contribution in [3.8, 4) is 0 Å². The molecule has 5 atom stereocenters. The maximum Gasteiger partial charge on any atom is 0.390 e. The van der Waals surface area contributed by atoms with Crippen LogP contribution >= 0.6 is 8.46 Å². The summed E-state index contributed by atoms with van der Waals surface area (Å²) in [5, 5.41) is 16.3. The van der Waals surface area contributed by atoms with E-state index in [0.717, 1.165) is 31.4 Å². The van der Waals surface area contributed by atoms with Crippen molar-refractivity contribution in [2.24, 2.45) is 0 Å². The first-order valence-electron chi connectivity index (χ1n) is 14.7. The van der Waals surface area contributed by atoms with Crippen molar-refractivity contribution in [2.45, 2.75) is 147 Å². The molecule has 0 saturated heterocycles. The summed E-state index contributed by atoms with van der Waals surface area (Å²) in [6.45, 7) is 6.52. The van der Waals surface area contributed by atoms with Gasteiger partial charge in [-0.15, -0.1) is 0 Å². The minimum atomic E-state index is -2.36. The van der Waals surface area contributed by atoms with Gasteiger partial charge in [0.1, 0.15) is 6.61 Å². The molecule has 0 heterocycles. The number of hydrogen-bond acceptors (Lipinski definition) is 6. The van der Waals surface area contributed by atoms with Gasteiger partial charge in [0.2, 0.25) is 0 Å². The molecule has 0 bridgehead atoms. The topological polar surface area (TPSA) is 110 Å². The minimum Gasteiger partial charge on any atom is -0.476 e. The SMILES string of the molecule is CCCCCCCCCCCS(=O)C(CCCCCCCC)C(C)OCCCOCC(O)([PH+]=O)C(=O)O. The third-order valence-electron chi connectivity index (χ3n) is 6.80. The van der Waals surface area contributed by atoms with E-state index in [-0.39, 0.29) is 18.0 Å². The predicted octanol–water partition coefficient (Wildman–Crippen LogP) is 6.99. The van der Waals surface area contributed by atoms with Gasteiger partial charge in [0.15, 0.2) is 0 Å². The Morgan fingerprint density at radius 2 is 1.35 bits per heavy atom. The van der Waals surface area contributed by atoms with E-state index < -0.39 is 37.2 Å². The number of carbonyl (C=O) groups is 1. The molecule has 0 aliphatic carbocycles. The first-order chi connectivity index (χ1) is 17.8. The molecule has 0 amide bonds. The highest BCUT2D eigenvalue weighted by atomic mass is 32.2. The summed E-state index contributed by atoms with van der Waals surface area (Å²) in [7, 11) is -2.33. The molecule has 0 aromatic heterocycles. The Morgan fingerprint density at radius 3 is 1.86 bits per heavy atom. The van der Waals surface area contributed by atoms with E-state index >= 15 is 0 Å². The van der Waals surface area contributed by atoms with Gasteiger partial charge in [0.05, 0.1) is 11.4 Å². The van der Waals surface area contributed by atoms with Crippen molar-refractivity contribution in [1.29, 1.82) is 0 Å². The van der Waals surface area contributed by atoms with Gasteiger partial charge >= 0.3 is 19.8 Å². The van der Waals surface area contributed by atoms with Crippen molar-refractivity contribution in [3.63, 3.8) is 0 Å². The lowest BCUT2D eigenvalue weighted by atomic mass is 10.1. The van der Waals surface area contributed by atoms with Crippen LogP contribution in [0.4, 0.5) is 0 Å². The maximum atomic E-state index is 13.2. The summed E-state index contributed by atoms with van der Waals surface area (Å²) in [5.74, 6) is -0.825. The summed E-state index contributed by atoms with van der Waals surface area (Å²) < 4.78 is 35.3. The van der Waals surface area contributed by atoms with E-state index in [1.165, 1.54) is 77.0 Å². The van der Waals surface area contributed by atoms with Crippen LogP contribution in [-0.2, 0) is 29.6 Å². The van der Waals surface area contributed by atoms with Crippen LogP contribution in [0.5, 0.6) is 0 Å². The molecule has 9 heteroatoms.